The number of thioether (sulfide) groups is 1. The number of benzene rings is 2. The Morgan fingerprint density at radius 3 is 1.95 bits per heavy atom. The van der Waals surface area contributed by atoms with E-state index in [1.807, 2.05) is 23.5 Å². The van der Waals surface area contributed by atoms with Crippen molar-refractivity contribution < 1.29 is 0 Å². The molecule has 0 saturated carbocycles. The van der Waals surface area contributed by atoms with Gasteiger partial charge >= 0.3 is 0 Å². The van der Waals surface area contributed by atoms with Gasteiger partial charge in [-0.05, 0) is 86.0 Å². The minimum Gasteiger partial charge on any atom is -0.130 e. The Balaban J connectivity index is 2.41. The standard InChI is InChI=1S/C18H21BrS2/c1-11-6-17(9-15(10-19)14(11)4)21-18-12(2)7-16(20-5)8-13(18)3/h6-9H,10H2,1-5H3. The summed E-state index contributed by atoms with van der Waals surface area (Å²) in [5.41, 5.74) is 6.87. The molecule has 0 aromatic heterocycles. The van der Waals surface area contributed by atoms with Crippen LogP contribution >= 0.6 is 39.5 Å². The summed E-state index contributed by atoms with van der Waals surface area (Å²) in [7, 11) is 0. The number of hydrogen-bond acceptors (Lipinski definition) is 2. The van der Waals surface area contributed by atoms with Gasteiger partial charge in [-0.3, -0.25) is 0 Å². The largest absolute Gasteiger partial charge is 0.130 e. The number of aryl methyl sites for hydroxylation is 3. The van der Waals surface area contributed by atoms with Crippen LogP contribution in [0.3, 0.4) is 0 Å². The first kappa shape index (κ1) is 17.0. The Morgan fingerprint density at radius 1 is 0.857 bits per heavy atom. The summed E-state index contributed by atoms with van der Waals surface area (Å²) < 4.78 is 0. The van der Waals surface area contributed by atoms with Crippen LogP contribution in [0.25, 0.3) is 0 Å². The van der Waals surface area contributed by atoms with E-state index in [-0.39, 0.29) is 0 Å². The summed E-state index contributed by atoms with van der Waals surface area (Å²) in [6, 6.07) is 9.18. The van der Waals surface area contributed by atoms with Crippen LogP contribution in [-0.2, 0) is 5.33 Å². The van der Waals surface area contributed by atoms with Crippen molar-refractivity contribution in [2.45, 2.75) is 47.7 Å². The Bertz CT molecular complexity index is 640. The second-order valence-corrected chi connectivity index (χ2v) is 7.87. The van der Waals surface area contributed by atoms with Crippen molar-refractivity contribution in [3.8, 4) is 0 Å². The molecule has 0 amide bonds. The molecule has 2 rings (SSSR count). The molecule has 0 N–H and O–H groups in total. The third-order valence-corrected chi connectivity index (χ3v) is 6.41. The zero-order valence-corrected chi connectivity index (χ0v) is 16.4. The minimum atomic E-state index is 0.914. The Labute approximate surface area is 145 Å². The van der Waals surface area contributed by atoms with Crippen molar-refractivity contribution in [1.29, 1.82) is 0 Å². The van der Waals surface area contributed by atoms with Gasteiger partial charge < -0.3 is 0 Å². The van der Waals surface area contributed by atoms with Crippen LogP contribution in [0, 0.1) is 27.7 Å². The summed E-state index contributed by atoms with van der Waals surface area (Å²) in [6.07, 6.45) is 2.13. The fourth-order valence-electron chi connectivity index (χ4n) is 2.40. The van der Waals surface area contributed by atoms with E-state index in [9.17, 15) is 0 Å². The molecule has 112 valence electrons. The topological polar surface area (TPSA) is 0 Å². The van der Waals surface area contributed by atoms with Crippen molar-refractivity contribution in [2.24, 2.45) is 0 Å². The molecule has 0 aliphatic heterocycles. The SMILES string of the molecule is CSc1cc(C)c(Sc2cc(C)c(C)c(CBr)c2)c(C)c1. The molecule has 2 aromatic carbocycles. The highest BCUT2D eigenvalue weighted by Gasteiger charge is 2.10. The van der Waals surface area contributed by atoms with E-state index in [0.29, 0.717) is 0 Å². The molecule has 0 spiro atoms. The molecule has 0 saturated heterocycles. The summed E-state index contributed by atoms with van der Waals surface area (Å²) in [4.78, 5) is 4.06. The van der Waals surface area contributed by atoms with Crippen LogP contribution in [0.1, 0.15) is 27.8 Å². The molecule has 3 heteroatoms. The number of rotatable bonds is 4. The first-order valence-electron chi connectivity index (χ1n) is 6.95. The van der Waals surface area contributed by atoms with Gasteiger partial charge in [-0.15, -0.1) is 11.8 Å². The molecule has 0 heterocycles. The second kappa shape index (κ2) is 7.26. The lowest BCUT2D eigenvalue weighted by molar-refractivity contribution is 1.16. The Morgan fingerprint density at radius 2 is 1.43 bits per heavy atom. The van der Waals surface area contributed by atoms with Crippen LogP contribution in [0.2, 0.25) is 0 Å². The van der Waals surface area contributed by atoms with Crippen molar-refractivity contribution in [1.82, 2.24) is 0 Å². The van der Waals surface area contributed by atoms with Gasteiger partial charge in [0.15, 0.2) is 0 Å². The van der Waals surface area contributed by atoms with Crippen LogP contribution in [0.4, 0.5) is 0 Å². The summed E-state index contributed by atoms with van der Waals surface area (Å²) >= 11 is 7.29. The van der Waals surface area contributed by atoms with Crippen LogP contribution in [-0.4, -0.2) is 6.26 Å². The lowest BCUT2D eigenvalue weighted by atomic mass is 10.1. The van der Waals surface area contributed by atoms with Gasteiger partial charge in [0, 0.05) is 20.0 Å². The maximum Gasteiger partial charge on any atom is 0.0286 e. The fraction of sp³-hybridized carbons (Fsp3) is 0.333. The fourth-order valence-corrected chi connectivity index (χ4v) is 4.69. The lowest BCUT2D eigenvalue weighted by Crippen LogP contribution is -1.92. The summed E-state index contributed by atoms with van der Waals surface area (Å²) in [6.45, 7) is 8.81. The first-order valence-corrected chi connectivity index (χ1v) is 10.1. The molecule has 0 aliphatic rings. The quantitative estimate of drug-likeness (QED) is 0.427. The van der Waals surface area contributed by atoms with Crippen LogP contribution in [0.5, 0.6) is 0 Å². The molecular weight excluding hydrogens is 360 g/mol. The van der Waals surface area contributed by atoms with Gasteiger partial charge in [0.1, 0.15) is 0 Å². The molecule has 0 nitrogen and oxygen atoms in total. The molecule has 0 atom stereocenters. The van der Waals surface area contributed by atoms with E-state index in [0.717, 1.165) is 5.33 Å². The van der Waals surface area contributed by atoms with Crippen molar-refractivity contribution in [3.63, 3.8) is 0 Å². The number of hydrogen-bond donors (Lipinski definition) is 0. The van der Waals surface area contributed by atoms with E-state index in [1.54, 1.807) is 0 Å². The van der Waals surface area contributed by atoms with Crippen LogP contribution in [0.15, 0.2) is 39.0 Å². The second-order valence-electron chi connectivity index (χ2n) is 5.35. The van der Waals surface area contributed by atoms with Gasteiger partial charge in [0.05, 0.1) is 0 Å². The maximum atomic E-state index is 3.60. The normalized spacial score (nSPS) is 11.0. The Kier molecular flexibility index (Phi) is 5.87. The van der Waals surface area contributed by atoms with Crippen molar-refractivity contribution in [2.75, 3.05) is 6.26 Å². The smallest absolute Gasteiger partial charge is 0.0286 e. The highest BCUT2D eigenvalue weighted by molar-refractivity contribution is 9.08. The van der Waals surface area contributed by atoms with Crippen molar-refractivity contribution >= 4 is 39.5 Å². The third kappa shape index (κ3) is 3.88. The molecule has 0 unspecified atom stereocenters. The molecule has 2 aromatic rings. The maximum absolute atomic E-state index is 3.60. The van der Waals surface area contributed by atoms with Gasteiger partial charge in [0.25, 0.3) is 0 Å². The van der Waals surface area contributed by atoms with Gasteiger partial charge in [-0.25, -0.2) is 0 Å². The number of halogens is 1. The predicted octanol–water partition coefficient (Wildman–Crippen LogP) is 6.69. The molecule has 0 radical (unpaired) electrons. The molecule has 0 bridgehead atoms. The monoisotopic (exact) mass is 380 g/mol. The molecular formula is C18H21BrS2. The highest BCUT2D eigenvalue weighted by atomic mass is 79.9. The van der Waals surface area contributed by atoms with Gasteiger partial charge in [-0.1, -0.05) is 27.7 Å². The van der Waals surface area contributed by atoms with Crippen LogP contribution < -0.4 is 0 Å². The van der Waals surface area contributed by atoms with Gasteiger partial charge in [0.2, 0.25) is 0 Å². The highest BCUT2D eigenvalue weighted by Crippen LogP contribution is 2.37. The Hall–Kier alpha value is -0.380. The zero-order chi connectivity index (χ0) is 15.6. The summed E-state index contributed by atoms with van der Waals surface area (Å²) in [5, 5.41) is 0.914. The predicted molar refractivity (Wildman–Crippen MR) is 100 cm³/mol. The summed E-state index contributed by atoms with van der Waals surface area (Å²) in [5.74, 6) is 0. The molecule has 0 fully saturated rings. The number of alkyl halides is 1. The average molecular weight is 381 g/mol. The van der Waals surface area contributed by atoms with E-state index < -0.39 is 0 Å². The van der Waals surface area contributed by atoms with Gasteiger partial charge in [-0.2, -0.15) is 0 Å². The average Bonchev–Trinajstić information content (AvgIpc) is 2.45. The van der Waals surface area contributed by atoms with E-state index in [1.165, 1.54) is 42.5 Å². The van der Waals surface area contributed by atoms with Crippen molar-refractivity contribution in [3.05, 3.63) is 52.1 Å². The lowest BCUT2D eigenvalue weighted by Gasteiger charge is -2.14. The molecule has 21 heavy (non-hydrogen) atoms. The first-order chi connectivity index (χ1) is 9.96. The molecule has 0 aliphatic carbocycles. The van der Waals surface area contributed by atoms with E-state index >= 15 is 0 Å². The third-order valence-electron chi connectivity index (χ3n) is 3.78. The minimum absolute atomic E-state index is 0.914. The van der Waals surface area contributed by atoms with E-state index in [2.05, 4.69) is 74.1 Å². The zero-order valence-electron chi connectivity index (χ0n) is 13.2. The van der Waals surface area contributed by atoms with E-state index in [4.69, 9.17) is 0 Å².